The van der Waals surface area contributed by atoms with Crippen LogP contribution in [0.3, 0.4) is 0 Å². The first-order valence-corrected chi connectivity index (χ1v) is 11.0. The molecule has 0 bridgehead atoms. The van der Waals surface area contributed by atoms with Crippen molar-refractivity contribution in [2.75, 3.05) is 27.4 Å². The van der Waals surface area contributed by atoms with Crippen molar-refractivity contribution in [3.05, 3.63) is 83.1 Å². The summed E-state index contributed by atoms with van der Waals surface area (Å²) in [5, 5.41) is 4.06. The third-order valence-corrected chi connectivity index (χ3v) is 5.90. The van der Waals surface area contributed by atoms with Gasteiger partial charge in [-0.05, 0) is 42.8 Å². The second-order valence-corrected chi connectivity index (χ2v) is 8.16. The summed E-state index contributed by atoms with van der Waals surface area (Å²) in [5.41, 5.74) is 0.292. The molecule has 2 aliphatic rings. The molecule has 1 atom stereocenters. The highest BCUT2D eigenvalue weighted by atomic mass is 19.1. The molecule has 186 valence electrons. The standard InChI is InChI=1S/C25H22F2N4O5/c1-15-13-30(14-28-15)20-5-4-16(8-21(20)33-2)9-22-23-29-36-25(24(32)34-3,31(23)6-7-35-22)17-10-18(26)12-19(27)11-17/h4-5,8-14H,6-7H2,1-3H3. The smallest absolute Gasteiger partial charge is 0.380 e. The summed E-state index contributed by atoms with van der Waals surface area (Å²) in [6.07, 6.45) is 5.28. The number of aromatic nitrogens is 2. The number of halogens is 2. The van der Waals surface area contributed by atoms with E-state index in [0.29, 0.717) is 17.6 Å². The second-order valence-electron chi connectivity index (χ2n) is 8.16. The van der Waals surface area contributed by atoms with Gasteiger partial charge in [0.15, 0.2) is 5.76 Å². The number of ether oxygens (including phenoxy) is 3. The third kappa shape index (κ3) is 3.82. The summed E-state index contributed by atoms with van der Waals surface area (Å²) in [4.78, 5) is 24.2. The zero-order chi connectivity index (χ0) is 25.4. The van der Waals surface area contributed by atoms with Crippen LogP contribution in [0.15, 0.2) is 59.8 Å². The number of esters is 1. The molecule has 0 radical (unpaired) electrons. The number of benzene rings is 2. The fourth-order valence-corrected chi connectivity index (χ4v) is 4.28. The van der Waals surface area contributed by atoms with Crippen LogP contribution in [-0.2, 0) is 24.8 Å². The van der Waals surface area contributed by atoms with Gasteiger partial charge in [-0.1, -0.05) is 11.2 Å². The Morgan fingerprint density at radius 1 is 1.17 bits per heavy atom. The van der Waals surface area contributed by atoms with Gasteiger partial charge in [0, 0.05) is 17.8 Å². The van der Waals surface area contributed by atoms with Gasteiger partial charge in [-0.3, -0.25) is 4.90 Å². The summed E-state index contributed by atoms with van der Waals surface area (Å²) in [7, 11) is 2.73. The molecular weight excluding hydrogens is 474 g/mol. The zero-order valence-corrected chi connectivity index (χ0v) is 19.7. The first-order chi connectivity index (χ1) is 17.3. The molecule has 1 unspecified atom stereocenters. The molecule has 36 heavy (non-hydrogen) atoms. The minimum atomic E-state index is -2.00. The van der Waals surface area contributed by atoms with Crippen molar-refractivity contribution in [2.24, 2.45) is 5.16 Å². The molecule has 0 saturated carbocycles. The van der Waals surface area contributed by atoms with E-state index in [0.717, 1.165) is 36.2 Å². The predicted molar refractivity (Wildman–Crippen MR) is 124 cm³/mol. The van der Waals surface area contributed by atoms with E-state index < -0.39 is 23.3 Å². The highest BCUT2D eigenvalue weighted by Gasteiger charge is 2.57. The molecule has 1 aromatic heterocycles. The number of amidine groups is 1. The first-order valence-electron chi connectivity index (χ1n) is 11.0. The van der Waals surface area contributed by atoms with Crippen molar-refractivity contribution in [1.82, 2.24) is 14.5 Å². The number of morpholine rings is 1. The Balaban J connectivity index is 1.52. The number of hydrogen-bond donors (Lipinski definition) is 0. The molecule has 1 fully saturated rings. The van der Waals surface area contributed by atoms with Gasteiger partial charge in [-0.2, -0.15) is 0 Å². The number of carbonyl (C=O) groups excluding carboxylic acids is 1. The number of oxime groups is 1. The molecular formula is C25H22F2N4O5. The number of carbonyl (C=O) groups is 1. The Bertz CT molecular complexity index is 1380. The maximum Gasteiger partial charge on any atom is 0.380 e. The number of nitrogens with zero attached hydrogens (tertiary/aromatic N) is 4. The lowest BCUT2D eigenvalue weighted by atomic mass is 9.99. The molecule has 9 nitrogen and oxygen atoms in total. The number of aryl methyl sites for hydroxylation is 1. The molecule has 0 N–H and O–H groups in total. The molecule has 3 heterocycles. The quantitative estimate of drug-likeness (QED) is 0.500. The average Bonchev–Trinajstić information content (AvgIpc) is 3.48. The van der Waals surface area contributed by atoms with Crippen molar-refractivity contribution in [1.29, 1.82) is 0 Å². The number of rotatable bonds is 5. The van der Waals surface area contributed by atoms with Crippen molar-refractivity contribution < 1.29 is 32.6 Å². The van der Waals surface area contributed by atoms with E-state index >= 15 is 0 Å². The maximum absolute atomic E-state index is 14.1. The molecule has 3 aromatic rings. The lowest BCUT2D eigenvalue weighted by Gasteiger charge is -2.37. The van der Waals surface area contributed by atoms with E-state index in [-0.39, 0.29) is 24.6 Å². The van der Waals surface area contributed by atoms with E-state index in [1.54, 1.807) is 19.5 Å². The van der Waals surface area contributed by atoms with Gasteiger partial charge in [0.2, 0.25) is 5.84 Å². The summed E-state index contributed by atoms with van der Waals surface area (Å²) >= 11 is 0. The maximum atomic E-state index is 14.1. The summed E-state index contributed by atoms with van der Waals surface area (Å²) in [6, 6.07) is 8.27. The molecule has 2 aliphatic heterocycles. The van der Waals surface area contributed by atoms with Crippen LogP contribution >= 0.6 is 0 Å². The van der Waals surface area contributed by atoms with Crippen LogP contribution in [0.2, 0.25) is 0 Å². The van der Waals surface area contributed by atoms with Crippen LogP contribution in [0.4, 0.5) is 8.78 Å². The third-order valence-electron chi connectivity index (χ3n) is 5.90. The van der Waals surface area contributed by atoms with Crippen LogP contribution in [0.25, 0.3) is 11.8 Å². The zero-order valence-electron chi connectivity index (χ0n) is 19.7. The van der Waals surface area contributed by atoms with Gasteiger partial charge in [-0.25, -0.2) is 18.6 Å². The van der Waals surface area contributed by atoms with Crippen molar-refractivity contribution in [3.8, 4) is 11.4 Å². The summed E-state index contributed by atoms with van der Waals surface area (Å²) < 4.78 is 46.4. The van der Waals surface area contributed by atoms with Crippen molar-refractivity contribution >= 4 is 17.9 Å². The number of methoxy groups -OCH3 is 2. The Morgan fingerprint density at radius 2 is 1.94 bits per heavy atom. The summed E-state index contributed by atoms with van der Waals surface area (Å²) in [6.45, 7) is 2.21. The number of fused-ring (bicyclic) bond motifs is 1. The second kappa shape index (κ2) is 8.99. The van der Waals surface area contributed by atoms with Gasteiger partial charge in [-0.15, -0.1) is 0 Å². The van der Waals surface area contributed by atoms with Crippen molar-refractivity contribution in [3.63, 3.8) is 0 Å². The lowest BCUT2D eigenvalue weighted by Crippen LogP contribution is -2.55. The van der Waals surface area contributed by atoms with Gasteiger partial charge in [0.05, 0.1) is 38.5 Å². The first kappa shape index (κ1) is 23.3. The highest BCUT2D eigenvalue weighted by Crippen LogP contribution is 2.40. The van der Waals surface area contributed by atoms with E-state index in [4.69, 9.17) is 19.0 Å². The summed E-state index contributed by atoms with van der Waals surface area (Å²) in [5.74, 6) is -1.53. The topological polar surface area (TPSA) is 87.4 Å². The van der Waals surface area contributed by atoms with Crippen LogP contribution in [0, 0.1) is 18.6 Å². The Kier molecular flexibility index (Phi) is 5.83. The molecule has 0 aliphatic carbocycles. The largest absolute Gasteiger partial charge is 0.495 e. The van der Waals surface area contributed by atoms with E-state index in [9.17, 15) is 13.6 Å². The minimum Gasteiger partial charge on any atom is -0.495 e. The average molecular weight is 496 g/mol. The fourth-order valence-electron chi connectivity index (χ4n) is 4.28. The van der Waals surface area contributed by atoms with Crippen LogP contribution in [0.5, 0.6) is 5.75 Å². The minimum absolute atomic E-state index is 0.0894. The Hall–Kier alpha value is -4.41. The molecule has 2 aromatic carbocycles. The fraction of sp³-hybridized carbons (Fsp3) is 0.240. The monoisotopic (exact) mass is 496 g/mol. The van der Waals surface area contributed by atoms with E-state index in [1.807, 2.05) is 35.9 Å². The molecule has 1 saturated heterocycles. The highest BCUT2D eigenvalue weighted by molar-refractivity contribution is 6.04. The van der Waals surface area contributed by atoms with Gasteiger partial charge in [0.1, 0.15) is 24.0 Å². The van der Waals surface area contributed by atoms with E-state index in [2.05, 4.69) is 10.1 Å². The van der Waals surface area contributed by atoms with Crippen LogP contribution < -0.4 is 4.74 Å². The van der Waals surface area contributed by atoms with Crippen LogP contribution in [0.1, 0.15) is 16.8 Å². The molecule has 0 amide bonds. The number of imidazole rings is 1. The SMILES string of the molecule is COC(=O)C1(c2cc(F)cc(F)c2)ON=C2C(=Cc3ccc(-n4cnc(C)c4)c(OC)c3)OCCN21. The molecule has 0 spiro atoms. The van der Waals surface area contributed by atoms with E-state index in [1.165, 1.54) is 4.90 Å². The Labute approximate surface area is 205 Å². The van der Waals surface area contributed by atoms with Gasteiger partial charge < -0.3 is 23.6 Å². The van der Waals surface area contributed by atoms with Crippen molar-refractivity contribution in [2.45, 2.75) is 12.6 Å². The molecule has 11 heteroatoms. The lowest BCUT2D eigenvalue weighted by molar-refractivity contribution is -0.187. The normalized spacial score (nSPS) is 19.9. The number of hydrogen-bond acceptors (Lipinski definition) is 8. The van der Waals surface area contributed by atoms with Gasteiger partial charge in [0.25, 0.3) is 0 Å². The Morgan fingerprint density at radius 3 is 2.61 bits per heavy atom. The molecule has 5 rings (SSSR count). The van der Waals surface area contributed by atoms with Gasteiger partial charge >= 0.3 is 11.7 Å². The van der Waals surface area contributed by atoms with Crippen LogP contribution in [-0.4, -0.2) is 53.6 Å². The predicted octanol–water partition coefficient (Wildman–Crippen LogP) is 3.51.